The summed E-state index contributed by atoms with van der Waals surface area (Å²) in [5, 5.41) is 0. The van der Waals surface area contributed by atoms with Gasteiger partial charge in [-0.25, -0.2) is 13.1 Å². The van der Waals surface area contributed by atoms with E-state index < -0.39 is 10.0 Å². The lowest BCUT2D eigenvalue weighted by Crippen LogP contribution is -2.26. The monoisotopic (exact) mass is 322 g/mol. The van der Waals surface area contributed by atoms with Gasteiger partial charge in [0.05, 0.1) is 14.2 Å². The predicted molar refractivity (Wildman–Crippen MR) is 82.7 cm³/mol. The molecule has 0 spiro atoms. The molecule has 0 aliphatic heterocycles. The molecule has 0 amide bonds. The molecule has 0 unspecified atom stereocenters. The van der Waals surface area contributed by atoms with Gasteiger partial charge in [0.25, 0.3) is 0 Å². The Labute approximate surface area is 130 Å². The fraction of sp³-hybridized carbons (Fsp3) is 0.267. The van der Waals surface area contributed by atoms with Gasteiger partial charge in [-0.1, -0.05) is 6.07 Å². The minimum Gasteiger partial charge on any atom is -0.497 e. The number of nitrogens with zero attached hydrogens (tertiary/aromatic N) is 1. The quantitative estimate of drug-likeness (QED) is 0.838. The summed E-state index contributed by atoms with van der Waals surface area (Å²) in [5.41, 5.74) is 0.822. The average Bonchev–Trinajstić information content (AvgIpc) is 2.55. The lowest BCUT2D eigenvalue weighted by Gasteiger charge is -2.12. The van der Waals surface area contributed by atoms with Crippen LogP contribution in [0.1, 0.15) is 5.69 Å². The molecule has 2 rings (SSSR count). The Morgan fingerprint density at radius 3 is 2.59 bits per heavy atom. The average molecular weight is 322 g/mol. The summed E-state index contributed by atoms with van der Waals surface area (Å²) in [6, 6.07) is 10.2. The number of hydrogen-bond donors (Lipinski definition) is 1. The van der Waals surface area contributed by atoms with E-state index in [0.717, 1.165) is 5.69 Å². The van der Waals surface area contributed by atoms with Gasteiger partial charge in [-0.05, 0) is 24.3 Å². The normalized spacial score (nSPS) is 11.2. The number of pyridine rings is 1. The summed E-state index contributed by atoms with van der Waals surface area (Å²) in [5.74, 6) is 0.719. The number of aromatic nitrogens is 1. The van der Waals surface area contributed by atoms with Crippen molar-refractivity contribution in [2.45, 2.75) is 11.3 Å². The predicted octanol–water partition coefficient (Wildman–Crippen LogP) is 1.62. The fourth-order valence-electron chi connectivity index (χ4n) is 1.93. The molecular formula is C15H18N2O4S. The van der Waals surface area contributed by atoms with Crippen molar-refractivity contribution < 1.29 is 17.9 Å². The van der Waals surface area contributed by atoms with Crippen LogP contribution in [0.5, 0.6) is 11.5 Å². The van der Waals surface area contributed by atoms with Crippen LogP contribution in [0.25, 0.3) is 0 Å². The highest BCUT2D eigenvalue weighted by Crippen LogP contribution is 2.27. The van der Waals surface area contributed by atoms with Gasteiger partial charge in [0.2, 0.25) is 10.0 Å². The number of benzene rings is 1. The van der Waals surface area contributed by atoms with Crippen LogP contribution in [0, 0.1) is 0 Å². The second-order valence-corrected chi connectivity index (χ2v) is 6.22. The molecule has 0 fully saturated rings. The van der Waals surface area contributed by atoms with Gasteiger partial charge in [-0.2, -0.15) is 0 Å². The second-order valence-electron chi connectivity index (χ2n) is 4.49. The zero-order valence-corrected chi connectivity index (χ0v) is 13.3. The summed E-state index contributed by atoms with van der Waals surface area (Å²) >= 11 is 0. The molecule has 0 bridgehead atoms. The van der Waals surface area contributed by atoms with Crippen molar-refractivity contribution in [1.29, 1.82) is 0 Å². The van der Waals surface area contributed by atoms with Gasteiger partial charge >= 0.3 is 0 Å². The maximum absolute atomic E-state index is 12.4. The number of ether oxygens (including phenoxy) is 2. The molecule has 22 heavy (non-hydrogen) atoms. The molecule has 1 aromatic carbocycles. The van der Waals surface area contributed by atoms with Crippen molar-refractivity contribution in [1.82, 2.24) is 9.71 Å². The van der Waals surface area contributed by atoms with Crippen molar-refractivity contribution in [2.75, 3.05) is 20.8 Å². The van der Waals surface area contributed by atoms with Crippen LogP contribution in [-0.2, 0) is 16.4 Å². The Morgan fingerprint density at radius 2 is 1.95 bits per heavy atom. The smallest absolute Gasteiger partial charge is 0.244 e. The van der Waals surface area contributed by atoms with Gasteiger partial charge in [0.15, 0.2) is 0 Å². The van der Waals surface area contributed by atoms with E-state index in [1.807, 2.05) is 18.2 Å². The molecule has 0 atom stereocenters. The first kappa shape index (κ1) is 16.3. The van der Waals surface area contributed by atoms with Crippen LogP contribution in [0.2, 0.25) is 0 Å². The maximum Gasteiger partial charge on any atom is 0.244 e. The molecule has 0 aliphatic rings. The Kier molecular flexibility index (Phi) is 5.35. The van der Waals surface area contributed by atoms with Gasteiger partial charge in [0, 0.05) is 30.9 Å². The van der Waals surface area contributed by atoms with E-state index in [1.165, 1.54) is 20.3 Å². The first-order valence-electron chi connectivity index (χ1n) is 6.68. The summed E-state index contributed by atoms with van der Waals surface area (Å²) in [6.45, 7) is 0.250. The van der Waals surface area contributed by atoms with Crippen LogP contribution in [0.4, 0.5) is 0 Å². The zero-order chi connectivity index (χ0) is 16.0. The summed E-state index contributed by atoms with van der Waals surface area (Å²) < 4.78 is 37.5. The number of methoxy groups -OCH3 is 2. The van der Waals surface area contributed by atoms with Crippen molar-refractivity contribution >= 4 is 10.0 Å². The van der Waals surface area contributed by atoms with Crippen LogP contribution in [-0.4, -0.2) is 34.2 Å². The number of rotatable bonds is 7. The molecule has 0 saturated heterocycles. The van der Waals surface area contributed by atoms with E-state index in [4.69, 9.17) is 9.47 Å². The minimum absolute atomic E-state index is 0.0513. The number of sulfonamides is 1. The zero-order valence-electron chi connectivity index (χ0n) is 12.4. The van der Waals surface area contributed by atoms with Crippen LogP contribution in [0.3, 0.4) is 0 Å². The largest absolute Gasteiger partial charge is 0.497 e. The fourth-order valence-corrected chi connectivity index (χ4v) is 3.15. The third-order valence-corrected chi connectivity index (χ3v) is 4.54. The molecule has 0 aliphatic carbocycles. The topological polar surface area (TPSA) is 77.5 Å². The maximum atomic E-state index is 12.4. The number of hydrogen-bond acceptors (Lipinski definition) is 5. The molecule has 7 heteroatoms. The van der Waals surface area contributed by atoms with Gasteiger partial charge in [0.1, 0.15) is 16.4 Å². The Balaban J connectivity index is 2.13. The lowest BCUT2D eigenvalue weighted by molar-refractivity contribution is 0.392. The van der Waals surface area contributed by atoms with Gasteiger partial charge in [-0.3, -0.25) is 4.98 Å². The third kappa shape index (κ3) is 3.96. The van der Waals surface area contributed by atoms with Crippen molar-refractivity contribution in [3.8, 4) is 11.5 Å². The van der Waals surface area contributed by atoms with E-state index in [-0.39, 0.29) is 17.2 Å². The molecule has 118 valence electrons. The summed E-state index contributed by atoms with van der Waals surface area (Å²) in [7, 11) is -0.784. The highest BCUT2D eigenvalue weighted by Gasteiger charge is 2.20. The molecule has 1 N–H and O–H groups in total. The van der Waals surface area contributed by atoms with Crippen LogP contribution < -0.4 is 14.2 Å². The van der Waals surface area contributed by atoms with Crippen molar-refractivity contribution in [2.24, 2.45) is 0 Å². The highest BCUT2D eigenvalue weighted by atomic mass is 32.2. The van der Waals surface area contributed by atoms with Crippen LogP contribution >= 0.6 is 0 Å². The lowest BCUT2D eigenvalue weighted by atomic mass is 10.3. The number of nitrogens with one attached hydrogen (secondary N) is 1. The van der Waals surface area contributed by atoms with E-state index in [1.54, 1.807) is 18.3 Å². The van der Waals surface area contributed by atoms with E-state index in [2.05, 4.69) is 9.71 Å². The standard InChI is InChI=1S/C15H18N2O4S/c1-20-13-6-7-14(21-2)15(11-13)22(18,19)17-10-8-12-5-3-4-9-16-12/h3-7,9,11,17H,8,10H2,1-2H3. The Morgan fingerprint density at radius 1 is 1.14 bits per heavy atom. The third-order valence-electron chi connectivity index (χ3n) is 3.06. The second kappa shape index (κ2) is 7.24. The van der Waals surface area contributed by atoms with Crippen molar-refractivity contribution in [3.05, 3.63) is 48.3 Å². The first-order chi connectivity index (χ1) is 10.6. The molecule has 0 saturated carbocycles. The minimum atomic E-state index is -3.69. The summed E-state index contributed by atoms with van der Waals surface area (Å²) in [6.07, 6.45) is 2.18. The van der Waals surface area contributed by atoms with Gasteiger partial charge < -0.3 is 9.47 Å². The summed E-state index contributed by atoms with van der Waals surface area (Å²) in [4.78, 5) is 4.20. The van der Waals surface area contributed by atoms with Crippen LogP contribution in [0.15, 0.2) is 47.5 Å². The molecule has 0 radical (unpaired) electrons. The Bertz CT molecular complexity index is 718. The van der Waals surface area contributed by atoms with E-state index in [9.17, 15) is 8.42 Å². The van der Waals surface area contributed by atoms with E-state index >= 15 is 0 Å². The first-order valence-corrected chi connectivity index (χ1v) is 8.17. The SMILES string of the molecule is COc1ccc(OC)c(S(=O)(=O)NCCc2ccccn2)c1. The molecule has 1 heterocycles. The molecule has 1 aromatic heterocycles. The molecule has 2 aromatic rings. The van der Waals surface area contributed by atoms with Crippen molar-refractivity contribution in [3.63, 3.8) is 0 Å². The van der Waals surface area contributed by atoms with Gasteiger partial charge in [-0.15, -0.1) is 0 Å². The highest BCUT2D eigenvalue weighted by molar-refractivity contribution is 7.89. The molecule has 6 nitrogen and oxygen atoms in total. The Hall–Kier alpha value is -2.12. The molecular weight excluding hydrogens is 304 g/mol. The van der Waals surface area contributed by atoms with E-state index in [0.29, 0.717) is 12.2 Å².